The molecule has 0 heterocycles. The lowest BCUT2D eigenvalue weighted by molar-refractivity contribution is -0.151. The third-order valence-electron chi connectivity index (χ3n) is 3.68. The topological polar surface area (TPSA) is 46.5 Å². The molecule has 0 amide bonds. The van der Waals surface area contributed by atoms with E-state index in [1.54, 1.807) is 0 Å². The number of hydrogen-bond acceptors (Lipinski definition) is 2. The van der Waals surface area contributed by atoms with Gasteiger partial charge in [-0.15, -0.1) is 0 Å². The third kappa shape index (κ3) is 4.30. The second kappa shape index (κ2) is 7.00. The van der Waals surface area contributed by atoms with Crippen LogP contribution in [0.5, 0.6) is 0 Å². The summed E-state index contributed by atoms with van der Waals surface area (Å²) in [6.07, 6.45) is 5.20. The van der Waals surface area contributed by atoms with Crippen molar-refractivity contribution >= 4 is 5.97 Å². The minimum absolute atomic E-state index is 0.111. The Kier molecular flexibility index (Phi) is 5.96. The molecule has 1 N–H and O–H groups in total. The Bertz CT molecular complexity index is 232. The van der Waals surface area contributed by atoms with E-state index in [1.165, 1.54) is 12.8 Å². The Hall–Kier alpha value is -0.570. The molecule has 1 saturated carbocycles. The van der Waals surface area contributed by atoms with Gasteiger partial charge in [-0.3, -0.25) is 4.79 Å². The molecule has 1 rings (SSSR count). The Morgan fingerprint density at radius 1 is 1.35 bits per heavy atom. The largest absolute Gasteiger partial charge is 0.481 e. The lowest BCUT2D eigenvalue weighted by Gasteiger charge is -2.29. The van der Waals surface area contributed by atoms with E-state index in [2.05, 4.69) is 13.8 Å². The van der Waals surface area contributed by atoms with Gasteiger partial charge in [0.15, 0.2) is 0 Å². The molecule has 3 nitrogen and oxygen atoms in total. The Morgan fingerprint density at radius 2 is 1.94 bits per heavy atom. The van der Waals surface area contributed by atoms with Gasteiger partial charge < -0.3 is 9.84 Å². The highest BCUT2D eigenvalue weighted by Crippen LogP contribution is 2.35. The van der Waals surface area contributed by atoms with E-state index in [0.29, 0.717) is 18.4 Å². The molecular formula is C14H26O3. The van der Waals surface area contributed by atoms with Crippen LogP contribution in [0.3, 0.4) is 0 Å². The molecule has 2 unspecified atom stereocenters. The number of ether oxygens (including phenoxy) is 1. The Morgan fingerprint density at radius 3 is 2.35 bits per heavy atom. The smallest absolute Gasteiger partial charge is 0.309 e. The van der Waals surface area contributed by atoms with Gasteiger partial charge in [0.25, 0.3) is 0 Å². The van der Waals surface area contributed by atoms with E-state index in [9.17, 15) is 9.90 Å². The summed E-state index contributed by atoms with van der Waals surface area (Å²) in [5.74, 6) is -0.173. The van der Waals surface area contributed by atoms with Gasteiger partial charge in [0.1, 0.15) is 0 Å². The van der Waals surface area contributed by atoms with Crippen molar-refractivity contribution < 1.29 is 14.6 Å². The third-order valence-corrected chi connectivity index (χ3v) is 3.68. The quantitative estimate of drug-likeness (QED) is 0.745. The molecule has 0 bridgehead atoms. The van der Waals surface area contributed by atoms with Crippen LogP contribution in [0.4, 0.5) is 0 Å². The number of carboxylic acid groups (broad SMARTS) is 1. The van der Waals surface area contributed by atoms with E-state index in [4.69, 9.17) is 4.74 Å². The van der Waals surface area contributed by atoms with Crippen LogP contribution in [0.25, 0.3) is 0 Å². The standard InChI is InChI=1S/C14H26O3/c1-4-17-12(9-10(2)3)13(14(15)16)11-7-5-6-8-11/h10-13H,4-9H2,1-3H3,(H,15,16). The SMILES string of the molecule is CCOC(CC(C)C)C(C(=O)O)C1CCCC1. The van der Waals surface area contributed by atoms with Crippen LogP contribution in [0.15, 0.2) is 0 Å². The van der Waals surface area contributed by atoms with Gasteiger partial charge in [0.2, 0.25) is 0 Å². The van der Waals surface area contributed by atoms with Gasteiger partial charge in [-0.2, -0.15) is 0 Å². The number of carboxylic acids is 1. The monoisotopic (exact) mass is 242 g/mol. The van der Waals surface area contributed by atoms with E-state index < -0.39 is 5.97 Å². The fourth-order valence-electron chi connectivity index (χ4n) is 2.98. The first-order valence-corrected chi connectivity index (χ1v) is 6.90. The van der Waals surface area contributed by atoms with Crippen LogP contribution in [0.1, 0.15) is 52.9 Å². The van der Waals surface area contributed by atoms with Crippen molar-refractivity contribution in [2.45, 2.75) is 59.0 Å². The van der Waals surface area contributed by atoms with Crippen LogP contribution >= 0.6 is 0 Å². The number of carbonyl (C=O) groups is 1. The lowest BCUT2D eigenvalue weighted by atomic mass is 9.83. The summed E-state index contributed by atoms with van der Waals surface area (Å²) in [6.45, 7) is 6.80. The molecule has 0 aromatic carbocycles. The van der Waals surface area contributed by atoms with Crippen LogP contribution in [0.2, 0.25) is 0 Å². The van der Waals surface area contributed by atoms with Crippen LogP contribution in [-0.4, -0.2) is 23.8 Å². The maximum absolute atomic E-state index is 11.5. The van der Waals surface area contributed by atoms with Crippen molar-refractivity contribution in [3.63, 3.8) is 0 Å². The van der Waals surface area contributed by atoms with Crippen molar-refractivity contribution in [2.24, 2.45) is 17.8 Å². The summed E-state index contributed by atoms with van der Waals surface area (Å²) in [5, 5.41) is 9.46. The van der Waals surface area contributed by atoms with E-state index in [-0.39, 0.29) is 12.0 Å². The molecule has 1 aliphatic rings. The minimum atomic E-state index is -0.670. The molecule has 0 radical (unpaired) electrons. The fourth-order valence-corrected chi connectivity index (χ4v) is 2.98. The van der Waals surface area contributed by atoms with E-state index in [0.717, 1.165) is 19.3 Å². The van der Waals surface area contributed by atoms with E-state index in [1.807, 2.05) is 6.92 Å². The number of aliphatic carboxylic acids is 1. The molecule has 100 valence electrons. The average molecular weight is 242 g/mol. The Balaban J connectivity index is 2.72. The summed E-state index contributed by atoms with van der Waals surface area (Å²) in [5.41, 5.74) is 0. The molecule has 0 spiro atoms. The highest BCUT2D eigenvalue weighted by molar-refractivity contribution is 5.71. The van der Waals surface area contributed by atoms with Crippen LogP contribution < -0.4 is 0 Å². The molecule has 17 heavy (non-hydrogen) atoms. The van der Waals surface area contributed by atoms with Crippen molar-refractivity contribution in [3.8, 4) is 0 Å². The maximum atomic E-state index is 11.5. The lowest BCUT2D eigenvalue weighted by Crippen LogP contribution is -2.36. The summed E-state index contributed by atoms with van der Waals surface area (Å²) in [7, 11) is 0. The molecule has 1 fully saturated rings. The Labute approximate surface area is 105 Å². The molecule has 2 atom stereocenters. The van der Waals surface area contributed by atoms with Crippen LogP contribution in [-0.2, 0) is 9.53 Å². The molecule has 0 aliphatic heterocycles. The number of hydrogen-bond donors (Lipinski definition) is 1. The predicted molar refractivity (Wildman–Crippen MR) is 68.0 cm³/mol. The fraction of sp³-hybridized carbons (Fsp3) is 0.929. The van der Waals surface area contributed by atoms with E-state index >= 15 is 0 Å². The van der Waals surface area contributed by atoms with Crippen molar-refractivity contribution in [3.05, 3.63) is 0 Å². The van der Waals surface area contributed by atoms with Gasteiger partial charge in [0, 0.05) is 6.61 Å². The molecule has 0 aromatic heterocycles. The average Bonchev–Trinajstić information content (AvgIpc) is 2.70. The zero-order chi connectivity index (χ0) is 12.8. The first kappa shape index (κ1) is 14.5. The first-order chi connectivity index (χ1) is 8.06. The van der Waals surface area contributed by atoms with Crippen molar-refractivity contribution in [1.29, 1.82) is 0 Å². The second-order valence-electron chi connectivity index (χ2n) is 5.53. The minimum Gasteiger partial charge on any atom is -0.481 e. The van der Waals surface area contributed by atoms with Crippen LogP contribution in [0, 0.1) is 17.8 Å². The first-order valence-electron chi connectivity index (χ1n) is 6.90. The van der Waals surface area contributed by atoms with Gasteiger partial charge in [-0.05, 0) is 38.0 Å². The highest BCUT2D eigenvalue weighted by Gasteiger charge is 2.37. The summed E-state index contributed by atoms with van der Waals surface area (Å²) in [6, 6.07) is 0. The predicted octanol–water partition coefficient (Wildman–Crippen LogP) is 3.33. The maximum Gasteiger partial charge on any atom is 0.309 e. The molecule has 0 aromatic rings. The van der Waals surface area contributed by atoms with Gasteiger partial charge >= 0.3 is 5.97 Å². The second-order valence-corrected chi connectivity index (χ2v) is 5.53. The highest BCUT2D eigenvalue weighted by atomic mass is 16.5. The van der Waals surface area contributed by atoms with Gasteiger partial charge in [-0.25, -0.2) is 0 Å². The van der Waals surface area contributed by atoms with Gasteiger partial charge in [-0.1, -0.05) is 26.7 Å². The van der Waals surface area contributed by atoms with Gasteiger partial charge in [0.05, 0.1) is 12.0 Å². The van der Waals surface area contributed by atoms with Crippen molar-refractivity contribution in [2.75, 3.05) is 6.61 Å². The summed E-state index contributed by atoms with van der Waals surface area (Å²) in [4.78, 5) is 11.5. The summed E-state index contributed by atoms with van der Waals surface area (Å²) < 4.78 is 5.71. The normalized spacial score (nSPS) is 20.7. The number of rotatable bonds is 7. The summed E-state index contributed by atoms with van der Waals surface area (Å²) >= 11 is 0. The van der Waals surface area contributed by atoms with Crippen molar-refractivity contribution in [1.82, 2.24) is 0 Å². The molecule has 3 heteroatoms. The molecule has 0 saturated heterocycles. The molecular weight excluding hydrogens is 216 g/mol. The zero-order valence-corrected chi connectivity index (χ0v) is 11.3. The molecule has 1 aliphatic carbocycles. The zero-order valence-electron chi connectivity index (χ0n) is 11.3.